The number of halogens is 7. The van der Waals surface area contributed by atoms with E-state index in [9.17, 15) is 26.3 Å². The minimum atomic E-state index is -2.75. The van der Waals surface area contributed by atoms with Gasteiger partial charge in [0.05, 0.1) is 16.0 Å². The van der Waals surface area contributed by atoms with Gasteiger partial charge in [0.25, 0.3) is 0 Å². The fourth-order valence-electron chi connectivity index (χ4n) is 2.31. The molecule has 0 aliphatic rings. The number of nitrogens with zero attached hydrogens (tertiary/aromatic N) is 1. The highest BCUT2D eigenvalue weighted by molar-refractivity contribution is 7.79. The van der Waals surface area contributed by atoms with Crippen molar-refractivity contribution in [1.29, 1.82) is 0 Å². The van der Waals surface area contributed by atoms with E-state index < -0.39 is 53.4 Å². The van der Waals surface area contributed by atoms with Crippen LogP contribution >= 0.6 is 19.5 Å². The van der Waals surface area contributed by atoms with Crippen LogP contribution in [0.1, 0.15) is 0 Å². The molecule has 0 fully saturated rings. The largest absolute Gasteiger partial charge is 0.236 e. The van der Waals surface area contributed by atoms with Crippen molar-refractivity contribution in [2.75, 3.05) is 0 Å². The maximum atomic E-state index is 14.4. The fourth-order valence-corrected chi connectivity index (χ4v) is 4.84. The molecule has 0 saturated heterocycles. The summed E-state index contributed by atoms with van der Waals surface area (Å²) in [4.78, 5) is 3.83. The van der Waals surface area contributed by atoms with Gasteiger partial charge in [-0.15, -0.1) is 0 Å². The van der Waals surface area contributed by atoms with Crippen molar-refractivity contribution >= 4 is 35.6 Å². The Hall–Kier alpha value is -2.11. The summed E-state index contributed by atoms with van der Waals surface area (Å²) in [6, 6.07) is 6.17. The summed E-state index contributed by atoms with van der Waals surface area (Å²) in [5.74, 6) is -8.62. The summed E-state index contributed by atoms with van der Waals surface area (Å²) < 4.78 is 84.7. The normalized spacial score (nSPS) is 11.2. The molecule has 3 rings (SSSR count). The molecule has 0 radical (unpaired) electrons. The second kappa shape index (κ2) is 7.25. The summed E-state index contributed by atoms with van der Waals surface area (Å²) >= 11 is 5.76. The first-order valence-corrected chi connectivity index (χ1v) is 8.73. The highest BCUT2D eigenvalue weighted by Gasteiger charge is 2.32. The second-order valence-corrected chi connectivity index (χ2v) is 7.45. The molecule has 1 heterocycles. The van der Waals surface area contributed by atoms with Crippen LogP contribution in [0.3, 0.4) is 0 Å². The standard InChI is InChI=1S/C17H7ClF6NP/c18-12-2-1-3-13(25-12)26(16-10(21)6-4-8(19)14(16)23)17-11(22)7-5-9(20)15(17)24/h1-7H. The Kier molecular flexibility index (Phi) is 5.21. The Morgan fingerprint density at radius 3 is 1.58 bits per heavy atom. The molecule has 0 saturated carbocycles. The van der Waals surface area contributed by atoms with Crippen molar-refractivity contribution in [3.8, 4) is 0 Å². The Labute approximate surface area is 150 Å². The van der Waals surface area contributed by atoms with Crippen LogP contribution in [-0.2, 0) is 0 Å². The zero-order valence-electron chi connectivity index (χ0n) is 12.6. The lowest BCUT2D eigenvalue weighted by Gasteiger charge is -2.21. The lowest BCUT2D eigenvalue weighted by atomic mass is 10.3. The van der Waals surface area contributed by atoms with Crippen LogP contribution in [0.15, 0.2) is 42.5 Å². The van der Waals surface area contributed by atoms with Gasteiger partial charge in [0.15, 0.2) is 23.3 Å². The van der Waals surface area contributed by atoms with Crippen molar-refractivity contribution in [3.05, 3.63) is 82.5 Å². The van der Waals surface area contributed by atoms with Crippen LogP contribution in [0.5, 0.6) is 0 Å². The number of rotatable bonds is 3. The lowest BCUT2D eigenvalue weighted by Crippen LogP contribution is -2.31. The first-order chi connectivity index (χ1) is 12.3. The maximum Gasteiger partial charge on any atom is 0.170 e. The number of benzene rings is 2. The van der Waals surface area contributed by atoms with Gasteiger partial charge in [0.2, 0.25) is 0 Å². The summed E-state index contributed by atoms with van der Waals surface area (Å²) in [6.07, 6.45) is 0. The molecular formula is C17H7ClF6NP. The monoisotopic (exact) mass is 405 g/mol. The SMILES string of the molecule is Fc1ccc(F)c(P(c2cccc(Cl)n2)c2c(F)ccc(F)c2F)c1F. The van der Waals surface area contributed by atoms with Gasteiger partial charge in [0, 0.05) is 7.92 Å². The van der Waals surface area contributed by atoms with Gasteiger partial charge in [-0.25, -0.2) is 31.3 Å². The van der Waals surface area contributed by atoms with Crippen molar-refractivity contribution in [3.63, 3.8) is 0 Å². The second-order valence-electron chi connectivity index (χ2n) is 5.04. The highest BCUT2D eigenvalue weighted by atomic mass is 35.5. The molecule has 134 valence electrons. The molecule has 26 heavy (non-hydrogen) atoms. The minimum absolute atomic E-state index is 0.121. The van der Waals surface area contributed by atoms with E-state index in [1.54, 1.807) is 0 Å². The number of hydrogen-bond acceptors (Lipinski definition) is 1. The molecule has 0 spiro atoms. The molecule has 1 aromatic heterocycles. The summed E-state index contributed by atoms with van der Waals surface area (Å²) in [6.45, 7) is 0. The molecular weight excluding hydrogens is 399 g/mol. The van der Waals surface area contributed by atoms with Crippen LogP contribution in [0, 0.1) is 34.9 Å². The van der Waals surface area contributed by atoms with E-state index in [1.807, 2.05) is 0 Å². The van der Waals surface area contributed by atoms with Gasteiger partial charge < -0.3 is 0 Å². The average Bonchev–Trinajstić information content (AvgIpc) is 2.60. The van der Waals surface area contributed by atoms with E-state index in [2.05, 4.69) is 4.98 Å². The fraction of sp³-hybridized carbons (Fsp3) is 0. The molecule has 0 amide bonds. The topological polar surface area (TPSA) is 12.9 Å². The van der Waals surface area contributed by atoms with Crippen LogP contribution in [-0.4, -0.2) is 4.98 Å². The van der Waals surface area contributed by atoms with E-state index >= 15 is 0 Å². The van der Waals surface area contributed by atoms with Crippen LogP contribution in [0.4, 0.5) is 26.3 Å². The molecule has 0 aliphatic heterocycles. The Bertz CT molecular complexity index is 940. The molecule has 0 atom stereocenters. The Morgan fingerprint density at radius 2 is 1.12 bits per heavy atom. The van der Waals surface area contributed by atoms with Gasteiger partial charge in [-0.1, -0.05) is 17.7 Å². The zero-order valence-corrected chi connectivity index (χ0v) is 14.2. The highest BCUT2D eigenvalue weighted by Crippen LogP contribution is 2.37. The minimum Gasteiger partial charge on any atom is -0.236 e. The smallest absolute Gasteiger partial charge is 0.170 e. The van der Waals surface area contributed by atoms with Crippen LogP contribution < -0.4 is 16.0 Å². The van der Waals surface area contributed by atoms with Crippen molar-refractivity contribution in [2.45, 2.75) is 0 Å². The van der Waals surface area contributed by atoms with Crippen molar-refractivity contribution < 1.29 is 26.3 Å². The van der Waals surface area contributed by atoms with Gasteiger partial charge in [0.1, 0.15) is 16.8 Å². The third kappa shape index (κ3) is 3.29. The van der Waals surface area contributed by atoms with Gasteiger partial charge in [-0.3, -0.25) is 0 Å². The first kappa shape index (κ1) is 18.7. The van der Waals surface area contributed by atoms with Crippen LogP contribution in [0.2, 0.25) is 5.15 Å². The molecule has 1 nitrogen and oxygen atoms in total. The van der Waals surface area contributed by atoms with E-state index in [0.29, 0.717) is 24.3 Å². The third-order valence-corrected chi connectivity index (χ3v) is 6.05. The number of aromatic nitrogens is 1. The van der Waals surface area contributed by atoms with Crippen molar-refractivity contribution in [1.82, 2.24) is 4.98 Å². The molecule has 0 aliphatic carbocycles. The molecule has 0 bridgehead atoms. The lowest BCUT2D eigenvalue weighted by molar-refractivity contribution is 0.501. The summed E-state index contributed by atoms with van der Waals surface area (Å²) in [5.41, 5.74) is -0.223. The average molecular weight is 406 g/mol. The van der Waals surface area contributed by atoms with Gasteiger partial charge >= 0.3 is 0 Å². The Morgan fingerprint density at radius 1 is 0.654 bits per heavy atom. The van der Waals surface area contributed by atoms with Gasteiger partial charge in [-0.2, -0.15) is 0 Å². The molecule has 0 N–H and O–H groups in total. The molecule has 3 aromatic rings. The predicted octanol–water partition coefficient (Wildman–Crippen LogP) is 4.33. The van der Waals surface area contributed by atoms with E-state index in [0.717, 1.165) is 0 Å². The first-order valence-electron chi connectivity index (χ1n) is 7.01. The zero-order chi connectivity index (χ0) is 19.0. The Balaban J connectivity index is 2.40. The van der Waals surface area contributed by atoms with Gasteiger partial charge in [-0.05, 0) is 36.4 Å². The maximum absolute atomic E-state index is 14.4. The molecule has 2 aromatic carbocycles. The van der Waals surface area contributed by atoms with E-state index in [4.69, 9.17) is 11.6 Å². The molecule has 9 heteroatoms. The van der Waals surface area contributed by atoms with E-state index in [1.165, 1.54) is 18.2 Å². The number of pyridine rings is 1. The predicted molar refractivity (Wildman–Crippen MR) is 87.7 cm³/mol. The van der Waals surface area contributed by atoms with Crippen LogP contribution in [0.25, 0.3) is 0 Å². The quantitative estimate of drug-likeness (QED) is 0.274. The third-order valence-electron chi connectivity index (χ3n) is 3.42. The van der Waals surface area contributed by atoms with E-state index in [-0.39, 0.29) is 10.6 Å². The van der Waals surface area contributed by atoms with Crippen molar-refractivity contribution in [2.24, 2.45) is 0 Å². The summed E-state index contributed by atoms with van der Waals surface area (Å²) in [7, 11) is -2.75. The summed E-state index contributed by atoms with van der Waals surface area (Å²) in [5, 5.41) is -2.01. The molecule has 0 unspecified atom stereocenters. The number of hydrogen-bond donors (Lipinski definition) is 0.